The average Bonchev–Trinajstić information content (AvgIpc) is 2.85. The van der Waals surface area contributed by atoms with E-state index in [2.05, 4.69) is 12.2 Å². The molecule has 0 aliphatic carbocycles. The van der Waals surface area contributed by atoms with Crippen LogP contribution in [0.5, 0.6) is 0 Å². The van der Waals surface area contributed by atoms with Crippen LogP contribution in [-0.4, -0.2) is 65.1 Å². The van der Waals surface area contributed by atoms with Crippen molar-refractivity contribution in [3.8, 4) is 0 Å². The monoisotopic (exact) mass is 501 g/mol. The average molecular weight is 502 g/mol. The Morgan fingerprint density at radius 3 is 1.60 bits per heavy atom. The quantitative estimate of drug-likeness (QED) is 0.156. The van der Waals surface area contributed by atoms with Crippen LogP contribution in [0.4, 0.5) is 0 Å². The molecule has 1 aliphatic rings. The maximum Gasteiger partial charge on any atom is 0.252 e. The van der Waals surface area contributed by atoms with Gasteiger partial charge in [0.1, 0.15) is 18.3 Å². The summed E-state index contributed by atoms with van der Waals surface area (Å²) < 4.78 is 10.9. The van der Waals surface area contributed by atoms with Crippen molar-refractivity contribution < 1.29 is 29.6 Å². The topological polar surface area (TPSA) is 108 Å². The molecule has 0 bridgehead atoms. The molecule has 1 heterocycles. The van der Waals surface area contributed by atoms with Crippen LogP contribution in [-0.2, 0) is 14.3 Å². The van der Waals surface area contributed by atoms with E-state index < -0.39 is 36.6 Å². The number of hydrogen-bond acceptors (Lipinski definition) is 6. The number of carbonyl (C=O) groups excluding carboxylic acids is 1. The number of amides is 1. The molecule has 5 atom stereocenters. The minimum atomic E-state index is -1.48. The zero-order chi connectivity index (χ0) is 25.7. The van der Waals surface area contributed by atoms with Gasteiger partial charge in [-0.15, -0.1) is 0 Å². The van der Waals surface area contributed by atoms with Crippen LogP contribution in [0.25, 0.3) is 0 Å². The number of hydrogen-bond donors (Lipinski definition) is 4. The Morgan fingerprint density at radius 1 is 0.657 bits per heavy atom. The van der Waals surface area contributed by atoms with Crippen LogP contribution >= 0.6 is 0 Å². The third kappa shape index (κ3) is 14.6. The summed E-state index contributed by atoms with van der Waals surface area (Å²) in [5.74, 6) is -0.478. The molecule has 0 aromatic carbocycles. The predicted octanol–water partition coefficient (Wildman–Crippen LogP) is 4.99. The first-order valence-corrected chi connectivity index (χ1v) is 14.6. The minimum Gasteiger partial charge on any atom is -0.387 e. The second-order valence-electron chi connectivity index (χ2n) is 10.2. The lowest BCUT2D eigenvalue weighted by molar-refractivity contribution is -0.290. The Labute approximate surface area is 214 Å². The first-order chi connectivity index (χ1) is 17.0. The summed E-state index contributed by atoms with van der Waals surface area (Å²) in [6, 6.07) is 0. The van der Waals surface area contributed by atoms with Crippen LogP contribution in [0.2, 0.25) is 0 Å². The van der Waals surface area contributed by atoms with Crippen molar-refractivity contribution in [3.63, 3.8) is 0 Å². The van der Waals surface area contributed by atoms with Gasteiger partial charge in [0.05, 0.1) is 0 Å². The number of carbonyl (C=O) groups is 1. The van der Waals surface area contributed by atoms with Gasteiger partial charge in [0.2, 0.25) is 0 Å². The molecule has 4 N–H and O–H groups in total. The smallest absolute Gasteiger partial charge is 0.252 e. The lowest BCUT2D eigenvalue weighted by Crippen LogP contribution is -2.62. The molecule has 0 radical (unpaired) electrons. The third-order valence-corrected chi connectivity index (χ3v) is 6.94. The molecule has 7 nitrogen and oxygen atoms in total. The predicted molar refractivity (Wildman–Crippen MR) is 140 cm³/mol. The molecule has 1 fully saturated rings. The Kier molecular flexibility index (Phi) is 19.7. The lowest BCUT2D eigenvalue weighted by atomic mass is 9.98. The third-order valence-electron chi connectivity index (χ3n) is 6.94. The van der Waals surface area contributed by atoms with Gasteiger partial charge in [0.15, 0.2) is 12.4 Å². The molecule has 0 saturated carbocycles. The molecule has 7 heteroatoms. The van der Waals surface area contributed by atoms with Crippen molar-refractivity contribution in [1.29, 1.82) is 0 Å². The fourth-order valence-electron chi connectivity index (χ4n) is 4.53. The molecule has 0 aromatic rings. The van der Waals surface area contributed by atoms with Crippen molar-refractivity contribution in [2.75, 3.05) is 13.2 Å². The van der Waals surface area contributed by atoms with Crippen molar-refractivity contribution in [2.24, 2.45) is 0 Å². The zero-order valence-corrected chi connectivity index (χ0v) is 22.6. The molecule has 1 rings (SSSR count). The highest BCUT2D eigenvalue weighted by atomic mass is 16.7. The fourth-order valence-corrected chi connectivity index (χ4v) is 4.53. The summed E-state index contributed by atoms with van der Waals surface area (Å²) in [5, 5.41) is 33.1. The summed E-state index contributed by atoms with van der Waals surface area (Å²) in [7, 11) is 0. The summed E-state index contributed by atoms with van der Waals surface area (Å²) in [4.78, 5) is 12.5. The zero-order valence-electron chi connectivity index (χ0n) is 22.6. The molecular formula is C28H55NO6. The molecule has 1 saturated heterocycles. The Hall–Kier alpha value is -0.730. The number of unbranched alkanes of at least 4 members (excludes halogenated alkanes) is 16. The molecule has 208 valence electrons. The van der Waals surface area contributed by atoms with E-state index in [1.165, 1.54) is 83.5 Å². The van der Waals surface area contributed by atoms with Gasteiger partial charge in [-0.2, -0.15) is 0 Å². The second kappa shape index (κ2) is 21.4. The van der Waals surface area contributed by atoms with Crippen LogP contribution in [0.3, 0.4) is 0 Å². The van der Waals surface area contributed by atoms with Crippen molar-refractivity contribution in [3.05, 3.63) is 0 Å². The van der Waals surface area contributed by atoms with Gasteiger partial charge >= 0.3 is 0 Å². The van der Waals surface area contributed by atoms with Crippen LogP contribution in [0.15, 0.2) is 0 Å². The molecule has 1 aliphatic heterocycles. The highest BCUT2D eigenvalue weighted by Gasteiger charge is 2.47. The molecule has 0 spiro atoms. The maximum atomic E-state index is 12.5. The molecular weight excluding hydrogens is 446 g/mol. The first-order valence-electron chi connectivity index (χ1n) is 14.6. The van der Waals surface area contributed by atoms with Gasteiger partial charge in [-0.25, -0.2) is 0 Å². The van der Waals surface area contributed by atoms with E-state index in [1.54, 1.807) is 0 Å². The molecule has 0 aromatic heterocycles. The van der Waals surface area contributed by atoms with E-state index in [1.807, 2.05) is 6.92 Å². The van der Waals surface area contributed by atoms with Crippen LogP contribution < -0.4 is 5.32 Å². The van der Waals surface area contributed by atoms with Crippen LogP contribution in [0.1, 0.15) is 129 Å². The van der Waals surface area contributed by atoms with Crippen molar-refractivity contribution >= 4 is 5.91 Å². The molecule has 35 heavy (non-hydrogen) atoms. The highest BCUT2D eigenvalue weighted by molar-refractivity contribution is 5.81. The lowest BCUT2D eigenvalue weighted by Gasteiger charge is -2.39. The number of nitrogens with one attached hydrogen (secondary N) is 1. The van der Waals surface area contributed by atoms with E-state index in [0.29, 0.717) is 13.2 Å². The van der Waals surface area contributed by atoms with Crippen molar-refractivity contribution in [2.45, 2.75) is 160 Å². The number of ether oxygens (including phenoxy) is 2. The van der Waals surface area contributed by atoms with Gasteiger partial charge in [0.25, 0.3) is 5.91 Å². The van der Waals surface area contributed by atoms with Crippen molar-refractivity contribution in [1.82, 2.24) is 5.32 Å². The maximum absolute atomic E-state index is 12.5. The Morgan fingerprint density at radius 2 is 1.11 bits per heavy atom. The van der Waals surface area contributed by atoms with Crippen LogP contribution in [0, 0.1) is 0 Å². The largest absolute Gasteiger partial charge is 0.387 e. The number of aliphatic hydroxyl groups is 3. The van der Waals surface area contributed by atoms with E-state index in [9.17, 15) is 20.1 Å². The Bertz CT molecular complexity index is 506. The summed E-state index contributed by atoms with van der Waals surface area (Å²) >= 11 is 0. The van der Waals surface area contributed by atoms with E-state index >= 15 is 0 Å². The SMILES string of the molecule is CCCCCCCCCCCCCCCCCCNC(=O)C1O[C@H](OCCCC)[C@H](O)C(O)[C@@H]1O. The highest BCUT2D eigenvalue weighted by Crippen LogP contribution is 2.22. The summed E-state index contributed by atoms with van der Waals surface area (Å²) in [6.07, 6.45) is 15.7. The number of aliphatic hydroxyl groups excluding tert-OH is 3. The Balaban J connectivity index is 2.00. The molecule has 2 unspecified atom stereocenters. The number of rotatable bonds is 22. The minimum absolute atomic E-state index is 0.356. The van der Waals surface area contributed by atoms with Gasteiger partial charge < -0.3 is 30.1 Å². The van der Waals surface area contributed by atoms with Gasteiger partial charge in [-0.1, -0.05) is 117 Å². The van der Waals surface area contributed by atoms with Gasteiger partial charge in [-0.05, 0) is 12.8 Å². The summed E-state index contributed by atoms with van der Waals surface area (Å²) in [6.45, 7) is 5.13. The van der Waals surface area contributed by atoms with Gasteiger partial charge in [0, 0.05) is 13.2 Å². The van der Waals surface area contributed by atoms with E-state index in [4.69, 9.17) is 9.47 Å². The first kappa shape index (κ1) is 32.3. The fraction of sp³-hybridized carbons (Fsp3) is 0.964. The van der Waals surface area contributed by atoms with E-state index in [-0.39, 0.29) is 0 Å². The normalized spacial score (nSPS) is 24.5. The summed E-state index contributed by atoms with van der Waals surface area (Å²) in [5.41, 5.74) is 0. The second-order valence-corrected chi connectivity index (χ2v) is 10.2. The standard InChI is InChI=1S/C28H55NO6/c1-3-5-7-8-9-10-11-12-13-14-15-16-17-18-19-20-21-29-27(33)26-24(31)23(30)25(32)28(35-26)34-22-6-4-2/h23-26,28,30-32H,3-22H2,1-2H3,(H,29,33)/t23?,24-,25+,26?,28-/m0/s1. The molecule has 1 amide bonds. The van der Waals surface area contributed by atoms with Gasteiger partial charge in [-0.3, -0.25) is 4.79 Å². The van der Waals surface area contributed by atoms with E-state index in [0.717, 1.165) is 32.1 Å².